The topological polar surface area (TPSA) is 95.3 Å². The van der Waals surface area contributed by atoms with Gasteiger partial charge < -0.3 is 24.8 Å². The SMILES string of the molecule is CN1CCNC(=O)COc2ccc(F)cc2C(=O)N2CCCCC2c2cc3nc(N4CCC4)cc1n3n2. The number of likely N-dealkylation sites (N-methyl/N-ethyl adjacent to an activating group) is 1. The van der Waals surface area contributed by atoms with Crippen LogP contribution < -0.4 is 19.9 Å². The van der Waals surface area contributed by atoms with Crippen molar-refractivity contribution in [2.24, 2.45) is 0 Å². The Hall–Kier alpha value is -3.89. The van der Waals surface area contributed by atoms with Crippen LogP contribution in [0.3, 0.4) is 0 Å². The molecular weight excluding hydrogens is 477 g/mol. The van der Waals surface area contributed by atoms with Gasteiger partial charge >= 0.3 is 0 Å². The molecule has 2 amide bonds. The van der Waals surface area contributed by atoms with Crippen LogP contribution in [0.5, 0.6) is 5.75 Å². The summed E-state index contributed by atoms with van der Waals surface area (Å²) in [6.45, 7) is 3.12. The number of amides is 2. The fraction of sp³-hybridized carbons (Fsp3) is 0.462. The number of benzene rings is 1. The highest BCUT2D eigenvalue weighted by atomic mass is 19.1. The first-order chi connectivity index (χ1) is 18.0. The van der Waals surface area contributed by atoms with Crippen molar-refractivity contribution in [1.82, 2.24) is 24.8 Å². The molecule has 3 aliphatic heterocycles. The van der Waals surface area contributed by atoms with Crippen molar-refractivity contribution in [2.75, 3.05) is 56.2 Å². The van der Waals surface area contributed by atoms with E-state index in [-0.39, 0.29) is 35.8 Å². The standard InChI is InChI=1S/C26H30FN7O3/c1-31-12-8-28-24(35)16-37-21-7-6-17(27)13-18(21)26(36)33-11-3-2-5-20(33)19-14-23-29-22(32-9-4-10-32)15-25(31)34(23)30-19/h6-7,13-15,20H,2-5,8-12,16H2,1H3,(H,28,35). The second-order valence-electron chi connectivity index (χ2n) is 9.86. The van der Waals surface area contributed by atoms with Crippen molar-refractivity contribution >= 4 is 29.1 Å². The zero-order valence-corrected chi connectivity index (χ0v) is 20.8. The summed E-state index contributed by atoms with van der Waals surface area (Å²) in [6, 6.07) is 7.53. The minimum atomic E-state index is -0.536. The lowest BCUT2D eigenvalue weighted by Crippen LogP contribution is -2.39. The zero-order chi connectivity index (χ0) is 25.5. The Labute approximate surface area is 214 Å². The largest absolute Gasteiger partial charge is 0.483 e. The highest BCUT2D eigenvalue weighted by Crippen LogP contribution is 2.35. The first-order valence-corrected chi connectivity index (χ1v) is 12.8. The molecule has 5 heterocycles. The minimum absolute atomic E-state index is 0.106. The van der Waals surface area contributed by atoms with Crippen LogP contribution in [0.1, 0.15) is 47.8 Å². The van der Waals surface area contributed by atoms with Gasteiger partial charge in [0.05, 0.1) is 17.3 Å². The third-order valence-electron chi connectivity index (χ3n) is 7.39. The van der Waals surface area contributed by atoms with E-state index in [4.69, 9.17) is 14.8 Å². The van der Waals surface area contributed by atoms with Gasteiger partial charge in [-0.05, 0) is 43.9 Å². The van der Waals surface area contributed by atoms with Crippen LogP contribution in [0.25, 0.3) is 5.65 Å². The van der Waals surface area contributed by atoms with Crippen molar-refractivity contribution in [3.63, 3.8) is 0 Å². The lowest BCUT2D eigenvalue weighted by atomic mass is 9.98. The van der Waals surface area contributed by atoms with Crippen LogP contribution in [0.2, 0.25) is 0 Å². The molecule has 37 heavy (non-hydrogen) atoms. The second kappa shape index (κ2) is 9.53. The van der Waals surface area contributed by atoms with Crippen LogP contribution in [0, 0.1) is 5.82 Å². The molecule has 3 aliphatic rings. The summed E-state index contributed by atoms with van der Waals surface area (Å²) in [5, 5.41) is 7.79. The fourth-order valence-corrected chi connectivity index (χ4v) is 5.21. The van der Waals surface area contributed by atoms with Gasteiger partial charge in [0.1, 0.15) is 23.2 Å². The van der Waals surface area contributed by atoms with E-state index in [0.29, 0.717) is 25.3 Å². The molecule has 0 aliphatic carbocycles. The number of piperidine rings is 1. The molecule has 1 aromatic carbocycles. The average molecular weight is 508 g/mol. The number of halogens is 1. The maximum absolute atomic E-state index is 14.2. The zero-order valence-electron chi connectivity index (χ0n) is 20.8. The van der Waals surface area contributed by atoms with E-state index in [9.17, 15) is 14.0 Å². The van der Waals surface area contributed by atoms with Gasteiger partial charge in [-0.3, -0.25) is 9.59 Å². The number of carbonyl (C=O) groups excluding carboxylic acids is 2. The van der Waals surface area contributed by atoms with Gasteiger partial charge in [-0.1, -0.05) is 0 Å². The summed E-state index contributed by atoms with van der Waals surface area (Å²) >= 11 is 0. The number of hydrogen-bond acceptors (Lipinski definition) is 7. The molecule has 2 fully saturated rings. The van der Waals surface area contributed by atoms with Crippen LogP contribution in [-0.4, -0.2) is 77.7 Å². The molecule has 194 valence electrons. The highest BCUT2D eigenvalue weighted by Gasteiger charge is 2.33. The predicted molar refractivity (Wildman–Crippen MR) is 136 cm³/mol. The van der Waals surface area contributed by atoms with Crippen molar-refractivity contribution in [1.29, 1.82) is 0 Å². The van der Waals surface area contributed by atoms with E-state index in [1.165, 1.54) is 18.2 Å². The van der Waals surface area contributed by atoms with Crippen LogP contribution >= 0.6 is 0 Å². The lowest BCUT2D eigenvalue weighted by molar-refractivity contribution is -0.123. The molecule has 1 atom stereocenters. The molecule has 2 aromatic heterocycles. The van der Waals surface area contributed by atoms with Crippen molar-refractivity contribution in [2.45, 2.75) is 31.7 Å². The summed E-state index contributed by atoms with van der Waals surface area (Å²) in [6.07, 6.45) is 3.68. The van der Waals surface area contributed by atoms with Crippen LogP contribution in [-0.2, 0) is 4.79 Å². The van der Waals surface area contributed by atoms with E-state index in [1.54, 1.807) is 4.90 Å². The van der Waals surface area contributed by atoms with Crippen LogP contribution in [0.15, 0.2) is 30.3 Å². The number of fused-ring (bicyclic) bond motifs is 4. The number of anilines is 2. The molecule has 10 nitrogen and oxygen atoms in total. The van der Waals surface area contributed by atoms with Crippen molar-refractivity contribution in [3.05, 3.63) is 47.4 Å². The summed E-state index contributed by atoms with van der Waals surface area (Å²) in [5.41, 5.74) is 1.58. The molecule has 0 spiro atoms. The molecule has 0 saturated carbocycles. The van der Waals surface area contributed by atoms with E-state index < -0.39 is 5.82 Å². The number of ether oxygens (including phenoxy) is 1. The molecule has 1 N–H and O–H groups in total. The summed E-state index contributed by atoms with van der Waals surface area (Å²) in [5.74, 6) is 0.747. The lowest BCUT2D eigenvalue weighted by Gasteiger charge is -2.35. The van der Waals surface area contributed by atoms with Gasteiger partial charge in [0.25, 0.3) is 11.8 Å². The third kappa shape index (κ3) is 4.42. The Balaban J connectivity index is 1.47. The Morgan fingerprint density at radius 2 is 1.92 bits per heavy atom. The van der Waals surface area contributed by atoms with E-state index in [0.717, 1.165) is 56.1 Å². The number of rotatable bonds is 1. The maximum atomic E-state index is 14.2. The molecule has 2 bridgehead atoms. The second-order valence-corrected chi connectivity index (χ2v) is 9.86. The monoisotopic (exact) mass is 507 g/mol. The Morgan fingerprint density at radius 1 is 1.05 bits per heavy atom. The van der Waals surface area contributed by atoms with Gasteiger partial charge in [-0.15, -0.1) is 0 Å². The number of carbonyl (C=O) groups is 2. The van der Waals surface area contributed by atoms with Crippen LogP contribution in [0.4, 0.5) is 16.0 Å². The van der Waals surface area contributed by atoms with Crippen molar-refractivity contribution in [3.8, 4) is 5.75 Å². The number of nitrogens with one attached hydrogen (secondary N) is 1. The fourth-order valence-electron chi connectivity index (χ4n) is 5.21. The van der Waals surface area contributed by atoms with Gasteiger partial charge in [0.15, 0.2) is 12.3 Å². The molecule has 6 rings (SSSR count). The van der Waals surface area contributed by atoms with E-state index >= 15 is 0 Å². The summed E-state index contributed by atoms with van der Waals surface area (Å²) in [4.78, 5) is 37.2. The highest BCUT2D eigenvalue weighted by molar-refractivity contribution is 5.97. The summed E-state index contributed by atoms with van der Waals surface area (Å²) < 4.78 is 21.8. The maximum Gasteiger partial charge on any atom is 0.258 e. The number of nitrogens with zero attached hydrogens (tertiary/aromatic N) is 6. The first kappa shape index (κ1) is 23.5. The first-order valence-electron chi connectivity index (χ1n) is 12.8. The average Bonchev–Trinajstić information content (AvgIpc) is 3.29. The molecular formula is C26H30FN7O3. The summed E-state index contributed by atoms with van der Waals surface area (Å²) in [7, 11) is 1.96. The number of aromatic nitrogens is 3. The van der Waals surface area contributed by atoms with Gasteiger partial charge in [0, 0.05) is 51.9 Å². The predicted octanol–water partition coefficient (Wildman–Crippen LogP) is 2.39. The van der Waals surface area contributed by atoms with E-state index in [1.807, 2.05) is 28.6 Å². The van der Waals surface area contributed by atoms with Crippen molar-refractivity contribution < 1.29 is 18.7 Å². The Bertz CT molecular complexity index is 1360. The van der Waals surface area contributed by atoms with Gasteiger partial charge in [-0.2, -0.15) is 9.61 Å². The Kier molecular flexibility index (Phi) is 6.05. The normalized spacial score (nSPS) is 20.8. The van der Waals surface area contributed by atoms with Gasteiger partial charge in [0.2, 0.25) is 0 Å². The Morgan fingerprint density at radius 3 is 2.73 bits per heavy atom. The van der Waals surface area contributed by atoms with Gasteiger partial charge in [-0.25, -0.2) is 9.37 Å². The minimum Gasteiger partial charge on any atom is -0.483 e. The third-order valence-corrected chi connectivity index (χ3v) is 7.39. The van der Waals surface area contributed by atoms with E-state index in [2.05, 4.69) is 10.2 Å². The molecule has 11 heteroatoms. The molecule has 3 aromatic rings. The molecule has 2 saturated heterocycles. The smallest absolute Gasteiger partial charge is 0.258 e. The number of hydrogen-bond donors (Lipinski definition) is 1. The quantitative estimate of drug-likeness (QED) is 0.541. The molecule has 0 radical (unpaired) electrons. The molecule has 1 unspecified atom stereocenters.